The molecule has 0 radical (unpaired) electrons. The van der Waals surface area contributed by atoms with E-state index in [-0.39, 0.29) is 20.9 Å². The van der Waals surface area contributed by atoms with Crippen LogP contribution in [0.4, 0.5) is 8.78 Å². The Kier molecular flexibility index (Phi) is 3.64. The lowest BCUT2D eigenvalue weighted by Crippen LogP contribution is -2.01. The van der Waals surface area contributed by atoms with Gasteiger partial charge < -0.3 is 0 Å². The lowest BCUT2D eigenvalue weighted by Gasteiger charge is -2.10. The number of halogens is 4. The van der Waals surface area contributed by atoms with Crippen molar-refractivity contribution in [1.29, 1.82) is 0 Å². The van der Waals surface area contributed by atoms with E-state index >= 15 is 0 Å². The lowest BCUT2D eigenvalue weighted by atomic mass is 10.0. The molecule has 1 aromatic heterocycles. The van der Waals surface area contributed by atoms with Crippen LogP contribution in [0.5, 0.6) is 0 Å². The second-order valence-electron chi connectivity index (χ2n) is 3.81. The van der Waals surface area contributed by atoms with Crippen molar-refractivity contribution in [2.45, 2.75) is 13.8 Å². The molecule has 2 rings (SSSR count). The number of nitrogens with zero attached hydrogens (tertiary/aromatic N) is 2. The molecule has 0 bridgehead atoms. The molecule has 0 aliphatic heterocycles. The van der Waals surface area contributed by atoms with Gasteiger partial charge in [-0.05, 0) is 53.0 Å². The summed E-state index contributed by atoms with van der Waals surface area (Å²) in [5.74, 6) is -1.39. The molecule has 18 heavy (non-hydrogen) atoms. The first-order chi connectivity index (χ1) is 8.43. The quantitative estimate of drug-likeness (QED) is 0.720. The van der Waals surface area contributed by atoms with Gasteiger partial charge in [-0.1, -0.05) is 11.6 Å². The zero-order chi connectivity index (χ0) is 13.4. The molecule has 1 heterocycles. The predicted molar refractivity (Wildman–Crippen MR) is 69.6 cm³/mol. The fourth-order valence-corrected chi connectivity index (χ4v) is 2.07. The van der Waals surface area contributed by atoms with Crippen molar-refractivity contribution < 1.29 is 8.78 Å². The van der Waals surface area contributed by atoms with E-state index in [2.05, 4.69) is 26.1 Å². The molecule has 0 spiro atoms. The minimum atomic E-state index is -0.700. The zero-order valence-corrected chi connectivity index (χ0v) is 11.9. The van der Waals surface area contributed by atoms with E-state index < -0.39 is 11.6 Å². The van der Waals surface area contributed by atoms with E-state index in [0.717, 1.165) is 0 Å². The van der Waals surface area contributed by atoms with Crippen LogP contribution < -0.4 is 0 Å². The van der Waals surface area contributed by atoms with E-state index in [9.17, 15) is 8.78 Å². The lowest BCUT2D eigenvalue weighted by molar-refractivity contribution is 0.583. The Balaban J connectivity index is 2.78. The number of hydrogen-bond acceptors (Lipinski definition) is 2. The van der Waals surface area contributed by atoms with Gasteiger partial charge in [0, 0.05) is 0 Å². The van der Waals surface area contributed by atoms with Gasteiger partial charge in [0.15, 0.2) is 5.15 Å². The SMILES string of the molecule is Cc1c(Cl)nnc(-c2c(F)ccc(Br)c2F)c1C. The Labute approximate surface area is 116 Å². The zero-order valence-electron chi connectivity index (χ0n) is 9.56. The molecule has 94 valence electrons. The van der Waals surface area contributed by atoms with Crippen LogP contribution in [0.25, 0.3) is 11.3 Å². The molecule has 0 amide bonds. The second-order valence-corrected chi connectivity index (χ2v) is 5.02. The first kappa shape index (κ1) is 13.4. The third kappa shape index (κ3) is 2.12. The molecular weight excluding hydrogens is 325 g/mol. The van der Waals surface area contributed by atoms with Crippen molar-refractivity contribution in [3.05, 3.63) is 44.5 Å². The van der Waals surface area contributed by atoms with Gasteiger partial charge in [0.25, 0.3) is 0 Å². The van der Waals surface area contributed by atoms with Crippen LogP contribution >= 0.6 is 27.5 Å². The van der Waals surface area contributed by atoms with E-state index in [1.165, 1.54) is 12.1 Å². The minimum absolute atomic E-state index is 0.160. The highest BCUT2D eigenvalue weighted by molar-refractivity contribution is 9.10. The molecule has 0 saturated heterocycles. The third-order valence-electron chi connectivity index (χ3n) is 2.75. The predicted octanol–water partition coefficient (Wildman–Crippen LogP) is 4.45. The van der Waals surface area contributed by atoms with E-state index in [4.69, 9.17) is 11.6 Å². The average Bonchev–Trinajstić information content (AvgIpc) is 2.34. The Morgan fingerprint density at radius 1 is 1.11 bits per heavy atom. The summed E-state index contributed by atoms with van der Waals surface area (Å²) in [5.41, 5.74) is 1.22. The maximum Gasteiger partial charge on any atom is 0.154 e. The maximum absolute atomic E-state index is 14.0. The topological polar surface area (TPSA) is 25.8 Å². The normalized spacial score (nSPS) is 10.8. The van der Waals surface area contributed by atoms with Gasteiger partial charge in [-0.2, -0.15) is 0 Å². The summed E-state index contributed by atoms with van der Waals surface area (Å²) < 4.78 is 27.9. The molecule has 0 atom stereocenters. The van der Waals surface area contributed by atoms with Gasteiger partial charge in [-0.15, -0.1) is 10.2 Å². The minimum Gasteiger partial charge on any atom is -0.206 e. The summed E-state index contributed by atoms with van der Waals surface area (Å²) >= 11 is 8.83. The Bertz CT molecular complexity index is 632. The number of hydrogen-bond donors (Lipinski definition) is 0. The third-order valence-corrected chi connectivity index (χ3v) is 3.72. The van der Waals surface area contributed by atoms with Crippen LogP contribution in [-0.2, 0) is 0 Å². The van der Waals surface area contributed by atoms with Crippen LogP contribution in [0, 0.1) is 25.5 Å². The Morgan fingerprint density at radius 2 is 1.78 bits per heavy atom. The molecule has 1 aromatic carbocycles. The van der Waals surface area contributed by atoms with Crippen LogP contribution in [0.15, 0.2) is 16.6 Å². The Hall–Kier alpha value is -1.07. The highest BCUT2D eigenvalue weighted by atomic mass is 79.9. The van der Waals surface area contributed by atoms with E-state index in [0.29, 0.717) is 11.1 Å². The summed E-state index contributed by atoms with van der Waals surface area (Å²) in [4.78, 5) is 0. The van der Waals surface area contributed by atoms with Gasteiger partial charge >= 0.3 is 0 Å². The molecule has 0 N–H and O–H groups in total. The van der Waals surface area contributed by atoms with Crippen LogP contribution in [-0.4, -0.2) is 10.2 Å². The first-order valence-corrected chi connectivity index (χ1v) is 6.23. The monoisotopic (exact) mass is 332 g/mol. The summed E-state index contributed by atoms with van der Waals surface area (Å²) in [7, 11) is 0. The van der Waals surface area contributed by atoms with Crippen molar-refractivity contribution in [2.24, 2.45) is 0 Å². The molecular formula is C12H8BrClF2N2. The van der Waals surface area contributed by atoms with Gasteiger partial charge in [0.05, 0.1) is 10.0 Å². The summed E-state index contributed by atoms with van der Waals surface area (Å²) in [6.45, 7) is 3.43. The van der Waals surface area contributed by atoms with Crippen molar-refractivity contribution in [1.82, 2.24) is 10.2 Å². The molecule has 0 unspecified atom stereocenters. The summed E-state index contributed by atoms with van der Waals surface area (Å²) in [6, 6.07) is 2.48. The van der Waals surface area contributed by atoms with E-state index in [1.54, 1.807) is 13.8 Å². The second kappa shape index (κ2) is 4.90. The van der Waals surface area contributed by atoms with Crippen molar-refractivity contribution in [3.8, 4) is 11.3 Å². The standard InChI is InChI=1S/C12H8BrClF2N2/c1-5-6(2)12(14)18-17-11(5)9-8(15)4-3-7(13)10(9)16/h3-4H,1-2H3. The van der Waals surface area contributed by atoms with Gasteiger partial charge in [0.2, 0.25) is 0 Å². The fraction of sp³-hybridized carbons (Fsp3) is 0.167. The summed E-state index contributed by atoms with van der Waals surface area (Å²) in [5, 5.41) is 7.71. The van der Waals surface area contributed by atoms with Crippen molar-refractivity contribution in [3.63, 3.8) is 0 Å². The van der Waals surface area contributed by atoms with Crippen molar-refractivity contribution in [2.75, 3.05) is 0 Å². The molecule has 2 nitrogen and oxygen atoms in total. The summed E-state index contributed by atoms with van der Waals surface area (Å²) in [6.07, 6.45) is 0. The fourth-order valence-electron chi connectivity index (χ4n) is 1.56. The molecule has 0 aliphatic carbocycles. The van der Waals surface area contributed by atoms with Crippen LogP contribution in [0.3, 0.4) is 0 Å². The molecule has 0 fully saturated rings. The maximum atomic E-state index is 14.0. The number of rotatable bonds is 1. The highest BCUT2D eigenvalue weighted by Crippen LogP contribution is 2.32. The molecule has 0 aliphatic rings. The van der Waals surface area contributed by atoms with Crippen molar-refractivity contribution >= 4 is 27.5 Å². The molecule has 6 heteroatoms. The molecule has 2 aromatic rings. The smallest absolute Gasteiger partial charge is 0.154 e. The number of benzene rings is 1. The van der Waals surface area contributed by atoms with Gasteiger partial charge in [-0.3, -0.25) is 0 Å². The first-order valence-electron chi connectivity index (χ1n) is 5.06. The average molecular weight is 334 g/mol. The Morgan fingerprint density at radius 3 is 2.44 bits per heavy atom. The van der Waals surface area contributed by atoms with Gasteiger partial charge in [0.1, 0.15) is 17.3 Å². The van der Waals surface area contributed by atoms with Crippen LogP contribution in [0.1, 0.15) is 11.1 Å². The number of aromatic nitrogens is 2. The van der Waals surface area contributed by atoms with Crippen LogP contribution in [0.2, 0.25) is 5.15 Å². The molecule has 0 saturated carbocycles. The van der Waals surface area contributed by atoms with Gasteiger partial charge in [-0.25, -0.2) is 8.78 Å². The largest absolute Gasteiger partial charge is 0.206 e. The highest BCUT2D eigenvalue weighted by Gasteiger charge is 2.19. The van der Waals surface area contributed by atoms with E-state index in [1.807, 2.05) is 0 Å².